The molecule has 0 aliphatic carbocycles. The number of rotatable bonds is 4. The van der Waals surface area contributed by atoms with Crippen LogP contribution in [0.15, 0.2) is 0 Å². The number of hydrogen-bond acceptors (Lipinski definition) is 4. The van der Waals surface area contributed by atoms with Crippen LogP contribution < -0.4 is 0 Å². The Morgan fingerprint density at radius 1 is 1.53 bits per heavy atom. The van der Waals surface area contributed by atoms with Gasteiger partial charge in [-0.1, -0.05) is 0 Å². The molecule has 1 atom stereocenters. The van der Waals surface area contributed by atoms with E-state index in [1.165, 1.54) is 7.11 Å². The van der Waals surface area contributed by atoms with Gasteiger partial charge in [0.05, 0.1) is 32.7 Å². The summed E-state index contributed by atoms with van der Waals surface area (Å²) in [5, 5.41) is 0. The lowest BCUT2D eigenvalue weighted by atomic mass is 10.2. The van der Waals surface area contributed by atoms with Crippen LogP contribution in [0.25, 0.3) is 0 Å². The molecular weight excluding hydrogens is 239 g/mol. The van der Waals surface area contributed by atoms with E-state index in [1.54, 1.807) is 4.90 Å². The van der Waals surface area contributed by atoms with Crippen LogP contribution >= 0.6 is 0 Å². The zero-order chi connectivity index (χ0) is 12.9. The molecule has 0 saturated carbocycles. The number of morpholine rings is 1. The highest BCUT2D eigenvalue weighted by Gasteiger charge is 2.30. The van der Waals surface area contributed by atoms with Crippen molar-refractivity contribution in [2.24, 2.45) is 0 Å². The summed E-state index contributed by atoms with van der Waals surface area (Å²) in [7, 11) is 1.27. The van der Waals surface area contributed by atoms with Crippen LogP contribution in [0.1, 0.15) is 12.8 Å². The van der Waals surface area contributed by atoms with Gasteiger partial charge in [0.2, 0.25) is 0 Å². The number of methoxy groups -OCH3 is 1. The molecule has 0 aromatic heterocycles. The molecule has 1 rings (SSSR count). The summed E-state index contributed by atoms with van der Waals surface area (Å²) in [5.41, 5.74) is 0. The molecule has 0 aromatic carbocycles. The molecule has 1 aliphatic rings. The van der Waals surface area contributed by atoms with Crippen molar-refractivity contribution in [3.63, 3.8) is 0 Å². The van der Waals surface area contributed by atoms with E-state index < -0.39 is 18.6 Å². The number of alkyl halides is 3. The van der Waals surface area contributed by atoms with E-state index in [1.807, 2.05) is 0 Å². The van der Waals surface area contributed by atoms with E-state index in [0.717, 1.165) is 0 Å². The van der Waals surface area contributed by atoms with Gasteiger partial charge in [0.15, 0.2) is 0 Å². The Hall–Kier alpha value is -0.820. The minimum atomic E-state index is -4.14. The summed E-state index contributed by atoms with van der Waals surface area (Å²) in [4.78, 5) is 12.7. The lowest BCUT2D eigenvalue weighted by molar-refractivity contribution is -0.150. The zero-order valence-corrected chi connectivity index (χ0v) is 9.63. The molecule has 7 heteroatoms. The lowest BCUT2D eigenvalue weighted by Gasteiger charge is -2.32. The average Bonchev–Trinajstić information content (AvgIpc) is 2.26. The molecule has 1 saturated heterocycles. The molecule has 0 bridgehead atoms. The summed E-state index contributed by atoms with van der Waals surface area (Å²) in [5.74, 6) is -0.410. The molecule has 0 N–H and O–H groups in total. The Kier molecular flexibility index (Phi) is 5.20. The fourth-order valence-corrected chi connectivity index (χ4v) is 1.66. The summed E-state index contributed by atoms with van der Waals surface area (Å²) in [6.45, 7) is 1.10. The highest BCUT2D eigenvalue weighted by atomic mass is 19.4. The third-order valence-electron chi connectivity index (χ3n) is 2.56. The van der Waals surface area contributed by atoms with Crippen molar-refractivity contribution in [3.05, 3.63) is 0 Å². The molecule has 4 nitrogen and oxygen atoms in total. The van der Waals surface area contributed by atoms with Gasteiger partial charge in [0, 0.05) is 19.6 Å². The van der Waals surface area contributed by atoms with Crippen LogP contribution in [0.5, 0.6) is 0 Å². The Morgan fingerprint density at radius 2 is 2.24 bits per heavy atom. The van der Waals surface area contributed by atoms with Crippen LogP contribution in [0.2, 0.25) is 0 Å². The van der Waals surface area contributed by atoms with Crippen molar-refractivity contribution in [1.82, 2.24) is 4.90 Å². The minimum absolute atomic E-state index is 0.0511. The first-order chi connectivity index (χ1) is 7.90. The van der Waals surface area contributed by atoms with Crippen molar-refractivity contribution in [2.45, 2.75) is 25.1 Å². The topological polar surface area (TPSA) is 38.8 Å². The predicted octanol–water partition coefficient (Wildman–Crippen LogP) is 1.20. The molecule has 0 aromatic rings. The van der Waals surface area contributed by atoms with E-state index in [9.17, 15) is 18.0 Å². The third kappa shape index (κ3) is 5.88. The van der Waals surface area contributed by atoms with Crippen LogP contribution in [0.3, 0.4) is 0 Å². The van der Waals surface area contributed by atoms with Gasteiger partial charge in [-0.05, 0) is 0 Å². The number of carbonyl (C=O) groups excluding carboxylic acids is 1. The molecule has 1 fully saturated rings. The van der Waals surface area contributed by atoms with Gasteiger partial charge in [-0.15, -0.1) is 0 Å². The van der Waals surface area contributed by atoms with E-state index in [0.29, 0.717) is 19.7 Å². The monoisotopic (exact) mass is 255 g/mol. The standard InChI is InChI=1S/C10H16F3NO3/c1-16-9(15)6-8-7-14(4-5-17-8)3-2-10(11,12)13/h8H,2-7H2,1H3/t8-/m0/s1. The predicted molar refractivity (Wildman–Crippen MR) is 53.5 cm³/mol. The van der Waals surface area contributed by atoms with Gasteiger partial charge >= 0.3 is 12.1 Å². The molecule has 0 amide bonds. The van der Waals surface area contributed by atoms with Crippen molar-refractivity contribution < 1.29 is 27.4 Å². The smallest absolute Gasteiger partial charge is 0.390 e. The molecule has 1 aliphatic heterocycles. The highest BCUT2D eigenvalue weighted by molar-refractivity contribution is 5.69. The maximum Gasteiger partial charge on any atom is 0.390 e. The SMILES string of the molecule is COC(=O)C[C@H]1CN(CCC(F)(F)F)CCO1. The second kappa shape index (κ2) is 6.20. The molecule has 17 heavy (non-hydrogen) atoms. The molecule has 0 unspecified atom stereocenters. The normalized spacial score (nSPS) is 22.5. The average molecular weight is 255 g/mol. The molecule has 0 spiro atoms. The van der Waals surface area contributed by atoms with E-state index in [-0.39, 0.29) is 19.1 Å². The zero-order valence-electron chi connectivity index (χ0n) is 9.63. The van der Waals surface area contributed by atoms with Crippen LogP contribution in [-0.4, -0.2) is 56.5 Å². The number of esters is 1. The Labute approximate surface area is 97.7 Å². The number of ether oxygens (including phenoxy) is 2. The molecule has 100 valence electrons. The number of halogens is 3. The number of nitrogens with zero attached hydrogens (tertiary/aromatic N) is 1. The van der Waals surface area contributed by atoms with Crippen molar-refractivity contribution in [3.8, 4) is 0 Å². The molecular formula is C10H16F3NO3. The Morgan fingerprint density at radius 3 is 2.82 bits per heavy atom. The maximum absolute atomic E-state index is 12.0. The largest absolute Gasteiger partial charge is 0.469 e. The van der Waals surface area contributed by atoms with Gasteiger partial charge in [-0.25, -0.2) is 0 Å². The summed E-state index contributed by atoms with van der Waals surface area (Å²) < 4.78 is 45.9. The van der Waals surface area contributed by atoms with Gasteiger partial charge in [0.25, 0.3) is 0 Å². The van der Waals surface area contributed by atoms with Gasteiger partial charge < -0.3 is 9.47 Å². The maximum atomic E-state index is 12.0. The van der Waals surface area contributed by atoms with Crippen LogP contribution in [0, 0.1) is 0 Å². The fraction of sp³-hybridized carbons (Fsp3) is 0.900. The second-order valence-corrected chi connectivity index (χ2v) is 3.94. The van der Waals surface area contributed by atoms with Gasteiger partial charge in [-0.3, -0.25) is 9.69 Å². The summed E-state index contributed by atoms with van der Waals surface area (Å²) >= 11 is 0. The van der Waals surface area contributed by atoms with E-state index in [4.69, 9.17) is 4.74 Å². The second-order valence-electron chi connectivity index (χ2n) is 3.94. The van der Waals surface area contributed by atoms with Gasteiger partial charge in [-0.2, -0.15) is 13.2 Å². The van der Waals surface area contributed by atoms with E-state index in [2.05, 4.69) is 4.74 Å². The van der Waals surface area contributed by atoms with E-state index >= 15 is 0 Å². The van der Waals surface area contributed by atoms with Crippen molar-refractivity contribution in [2.75, 3.05) is 33.4 Å². The third-order valence-corrected chi connectivity index (χ3v) is 2.56. The lowest BCUT2D eigenvalue weighted by Crippen LogP contribution is -2.44. The summed E-state index contributed by atoms with van der Waals surface area (Å²) in [6, 6.07) is 0. The first-order valence-corrected chi connectivity index (χ1v) is 5.38. The van der Waals surface area contributed by atoms with Crippen molar-refractivity contribution in [1.29, 1.82) is 0 Å². The number of hydrogen-bond donors (Lipinski definition) is 0. The quantitative estimate of drug-likeness (QED) is 0.708. The molecule has 1 heterocycles. The van der Waals surface area contributed by atoms with Crippen LogP contribution in [0.4, 0.5) is 13.2 Å². The Bertz CT molecular complexity index is 258. The van der Waals surface area contributed by atoms with Gasteiger partial charge in [0.1, 0.15) is 0 Å². The molecule has 0 radical (unpaired) electrons. The van der Waals surface area contributed by atoms with Crippen molar-refractivity contribution >= 4 is 5.97 Å². The van der Waals surface area contributed by atoms with Crippen LogP contribution in [-0.2, 0) is 14.3 Å². The minimum Gasteiger partial charge on any atom is -0.469 e. The first-order valence-electron chi connectivity index (χ1n) is 5.38. The fourth-order valence-electron chi connectivity index (χ4n) is 1.66. The highest BCUT2D eigenvalue weighted by Crippen LogP contribution is 2.20. The summed E-state index contributed by atoms with van der Waals surface area (Å²) in [6.07, 6.45) is -5.27. The number of carbonyl (C=O) groups is 1. The Balaban J connectivity index is 2.31. The first kappa shape index (κ1) is 14.2.